The van der Waals surface area contributed by atoms with E-state index >= 15 is 0 Å². The largest absolute Gasteiger partial charge is 0.496 e. The second kappa shape index (κ2) is 10.3. The molecule has 3 aromatic carbocycles. The van der Waals surface area contributed by atoms with Crippen LogP contribution in [0.3, 0.4) is 0 Å². The fourth-order valence-electron chi connectivity index (χ4n) is 3.58. The van der Waals surface area contributed by atoms with Gasteiger partial charge in [0.1, 0.15) is 11.6 Å². The lowest BCUT2D eigenvalue weighted by molar-refractivity contribution is -0.119. The molecule has 4 aromatic rings. The SMILES string of the molecule is COc1ccccc1C(C)NC(=O)CSc1nc2ccccc2c(=O)n1-c1ccc(F)c(Cl)c1. The number of hydrogen-bond donors (Lipinski definition) is 1. The van der Waals surface area contributed by atoms with Gasteiger partial charge in [0.15, 0.2) is 5.16 Å². The van der Waals surface area contributed by atoms with Crippen molar-refractivity contribution in [2.45, 2.75) is 18.1 Å². The molecule has 4 rings (SSSR count). The van der Waals surface area contributed by atoms with E-state index in [4.69, 9.17) is 16.3 Å². The van der Waals surface area contributed by atoms with Gasteiger partial charge in [-0.15, -0.1) is 0 Å². The molecule has 0 bridgehead atoms. The van der Waals surface area contributed by atoms with Gasteiger partial charge in [0, 0.05) is 5.56 Å². The van der Waals surface area contributed by atoms with Gasteiger partial charge in [-0.05, 0) is 43.3 Å². The van der Waals surface area contributed by atoms with Crippen LogP contribution in [0.25, 0.3) is 16.6 Å². The summed E-state index contributed by atoms with van der Waals surface area (Å²) in [6.45, 7) is 1.87. The van der Waals surface area contributed by atoms with E-state index in [1.165, 1.54) is 22.8 Å². The minimum Gasteiger partial charge on any atom is -0.496 e. The normalized spacial score (nSPS) is 11.9. The number of nitrogens with one attached hydrogen (secondary N) is 1. The molecule has 174 valence electrons. The molecule has 0 aliphatic rings. The summed E-state index contributed by atoms with van der Waals surface area (Å²) in [4.78, 5) is 30.6. The molecule has 6 nitrogen and oxygen atoms in total. The summed E-state index contributed by atoms with van der Waals surface area (Å²) in [5.41, 5.74) is 1.38. The van der Waals surface area contributed by atoms with Crippen LogP contribution >= 0.6 is 23.4 Å². The van der Waals surface area contributed by atoms with Gasteiger partial charge < -0.3 is 10.1 Å². The molecular weight excluding hydrogens is 477 g/mol. The monoisotopic (exact) mass is 497 g/mol. The minimum absolute atomic E-state index is 0.0131. The number of rotatable bonds is 7. The van der Waals surface area contributed by atoms with Crippen LogP contribution < -0.4 is 15.6 Å². The molecule has 1 atom stereocenters. The quantitative estimate of drug-likeness (QED) is 0.282. The van der Waals surface area contributed by atoms with E-state index < -0.39 is 5.82 Å². The Bertz CT molecular complexity index is 1430. The Kier molecular flexibility index (Phi) is 7.19. The summed E-state index contributed by atoms with van der Waals surface area (Å²) in [6.07, 6.45) is 0. The molecule has 0 aliphatic heterocycles. The average Bonchev–Trinajstić information content (AvgIpc) is 2.84. The first-order valence-electron chi connectivity index (χ1n) is 10.4. The molecule has 1 heterocycles. The number of carbonyl (C=O) groups excluding carboxylic acids is 1. The van der Waals surface area contributed by atoms with Crippen molar-refractivity contribution in [2.75, 3.05) is 12.9 Å². The molecule has 0 saturated heterocycles. The van der Waals surface area contributed by atoms with Gasteiger partial charge in [-0.1, -0.05) is 53.7 Å². The van der Waals surface area contributed by atoms with Gasteiger partial charge in [-0.25, -0.2) is 9.37 Å². The molecule has 1 unspecified atom stereocenters. The van der Waals surface area contributed by atoms with E-state index in [1.807, 2.05) is 31.2 Å². The van der Waals surface area contributed by atoms with Crippen molar-refractivity contribution in [1.29, 1.82) is 0 Å². The Labute approximate surface area is 204 Å². The van der Waals surface area contributed by atoms with E-state index in [-0.39, 0.29) is 28.3 Å². The zero-order chi connectivity index (χ0) is 24.2. The fourth-order valence-corrected chi connectivity index (χ4v) is 4.57. The van der Waals surface area contributed by atoms with Crippen LogP contribution in [-0.2, 0) is 4.79 Å². The number of aromatic nitrogens is 2. The minimum atomic E-state index is -0.592. The maximum Gasteiger partial charge on any atom is 0.266 e. The number of thioether (sulfide) groups is 1. The van der Waals surface area contributed by atoms with Crippen molar-refractivity contribution in [3.63, 3.8) is 0 Å². The van der Waals surface area contributed by atoms with Crippen molar-refractivity contribution in [3.05, 3.63) is 93.5 Å². The number of amides is 1. The van der Waals surface area contributed by atoms with E-state index in [9.17, 15) is 14.0 Å². The van der Waals surface area contributed by atoms with Crippen LogP contribution in [0.15, 0.2) is 76.7 Å². The number of ether oxygens (including phenoxy) is 1. The molecule has 0 radical (unpaired) electrons. The summed E-state index contributed by atoms with van der Waals surface area (Å²) in [7, 11) is 1.58. The highest BCUT2D eigenvalue weighted by Crippen LogP contribution is 2.26. The topological polar surface area (TPSA) is 73.2 Å². The number of methoxy groups -OCH3 is 1. The number of carbonyl (C=O) groups is 1. The Morgan fingerprint density at radius 1 is 1.18 bits per heavy atom. The predicted molar refractivity (Wildman–Crippen MR) is 133 cm³/mol. The van der Waals surface area contributed by atoms with E-state index in [2.05, 4.69) is 10.3 Å². The van der Waals surface area contributed by atoms with Crippen molar-refractivity contribution in [2.24, 2.45) is 0 Å². The maximum absolute atomic E-state index is 13.7. The highest BCUT2D eigenvalue weighted by molar-refractivity contribution is 7.99. The zero-order valence-electron chi connectivity index (χ0n) is 18.4. The first kappa shape index (κ1) is 23.8. The van der Waals surface area contributed by atoms with Gasteiger partial charge in [0.25, 0.3) is 5.56 Å². The van der Waals surface area contributed by atoms with Gasteiger partial charge in [-0.3, -0.25) is 14.2 Å². The second-order valence-corrected chi connectivity index (χ2v) is 8.82. The predicted octanol–water partition coefficient (Wildman–Crippen LogP) is 5.16. The molecule has 1 N–H and O–H groups in total. The Morgan fingerprint density at radius 2 is 1.91 bits per heavy atom. The highest BCUT2D eigenvalue weighted by atomic mass is 35.5. The van der Waals surface area contributed by atoms with Gasteiger partial charge in [0.2, 0.25) is 5.91 Å². The lowest BCUT2D eigenvalue weighted by atomic mass is 10.1. The van der Waals surface area contributed by atoms with Crippen molar-refractivity contribution in [1.82, 2.24) is 14.9 Å². The Morgan fingerprint density at radius 3 is 2.68 bits per heavy atom. The summed E-state index contributed by atoms with van der Waals surface area (Å²) >= 11 is 7.07. The van der Waals surface area contributed by atoms with Gasteiger partial charge in [0.05, 0.1) is 40.5 Å². The van der Waals surface area contributed by atoms with E-state index in [0.29, 0.717) is 27.5 Å². The average molecular weight is 498 g/mol. The van der Waals surface area contributed by atoms with E-state index in [1.54, 1.807) is 31.4 Å². The molecule has 34 heavy (non-hydrogen) atoms. The first-order valence-corrected chi connectivity index (χ1v) is 11.8. The van der Waals surface area contributed by atoms with E-state index in [0.717, 1.165) is 17.3 Å². The number of benzene rings is 3. The fraction of sp³-hybridized carbons (Fsp3) is 0.160. The number of nitrogens with zero attached hydrogens (tertiary/aromatic N) is 2. The lowest BCUT2D eigenvalue weighted by Gasteiger charge is -2.17. The Balaban J connectivity index is 1.63. The molecule has 0 fully saturated rings. The van der Waals surface area contributed by atoms with Crippen LogP contribution in [0.4, 0.5) is 4.39 Å². The molecule has 9 heteroatoms. The third kappa shape index (κ3) is 4.93. The van der Waals surface area contributed by atoms with Crippen LogP contribution in [0, 0.1) is 5.82 Å². The molecule has 1 amide bonds. The lowest BCUT2D eigenvalue weighted by Crippen LogP contribution is -2.29. The van der Waals surface area contributed by atoms with Crippen molar-refractivity contribution < 1.29 is 13.9 Å². The highest BCUT2D eigenvalue weighted by Gasteiger charge is 2.18. The summed E-state index contributed by atoms with van der Waals surface area (Å²) < 4.78 is 20.5. The van der Waals surface area contributed by atoms with Crippen LogP contribution in [0.1, 0.15) is 18.5 Å². The standard InChI is InChI=1S/C25H21ClFN3O3S/c1-15(17-7-4-6-10-22(17)33-2)28-23(31)14-34-25-29-21-9-5-3-8-18(21)24(32)30(25)16-11-12-20(27)19(26)13-16/h3-13,15H,14H2,1-2H3,(H,28,31). The molecule has 1 aromatic heterocycles. The molecule has 0 saturated carbocycles. The summed E-state index contributed by atoms with van der Waals surface area (Å²) in [5.74, 6) is -0.138. The number of para-hydroxylation sites is 2. The second-order valence-electron chi connectivity index (χ2n) is 7.47. The van der Waals surface area contributed by atoms with Crippen molar-refractivity contribution >= 4 is 40.2 Å². The number of hydrogen-bond acceptors (Lipinski definition) is 5. The maximum atomic E-state index is 13.7. The van der Waals surface area contributed by atoms with Crippen molar-refractivity contribution in [3.8, 4) is 11.4 Å². The Hall–Kier alpha value is -3.36. The number of fused-ring (bicyclic) bond motifs is 1. The smallest absolute Gasteiger partial charge is 0.266 e. The zero-order valence-corrected chi connectivity index (χ0v) is 20.0. The van der Waals surface area contributed by atoms with Crippen LogP contribution in [0.5, 0.6) is 5.75 Å². The van der Waals surface area contributed by atoms with Gasteiger partial charge >= 0.3 is 0 Å². The van der Waals surface area contributed by atoms with Crippen LogP contribution in [-0.4, -0.2) is 28.3 Å². The van der Waals surface area contributed by atoms with Crippen LogP contribution in [0.2, 0.25) is 5.02 Å². The first-order chi connectivity index (χ1) is 16.4. The van der Waals surface area contributed by atoms with Gasteiger partial charge in [-0.2, -0.15) is 0 Å². The molecule has 0 aliphatic carbocycles. The summed E-state index contributed by atoms with van der Waals surface area (Å²) in [5, 5.41) is 3.53. The summed E-state index contributed by atoms with van der Waals surface area (Å²) in [6, 6.07) is 18.1. The third-order valence-corrected chi connectivity index (χ3v) is 6.45. The molecular formula is C25H21ClFN3O3S. The third-order valence-electron chi connectivity index (χ3n) is 5.22. The number of halogens is 2. The molecule has 0 spiro atoms.